The predicted octanol–water partition coefficient (Wildman–Crippen LogP) is 2.49. The van der Waals surface area contributed by atoms with Crippen molar-refractivity contribution in [3.8, 4) is 11.5 Å². The molecule has 3 nitrogen and oxygen atoms in total. The van der Waals surface area contributed by atoms with E-state index >= 15 is 0 Å². The zero-order valence-electron chi connectivity index (χ0n) is 9.90. The van der Waals surface area contributed by atoms with Crippen LogP contribution in [0.25, 0.3) is 0 Å². The van der Waals surface area contributed by atoms with Crippen molar-refractivity contribution >= 4 is 11.8 Å². The minimum absolute atomic E-state index is 0.519. The number of hydrogen-bond acceptors (Lipinski definition) is 4. The van der Waals surface area contributed by atoms with E-state index < -0.39 is 6.10 Å². The molecule has 1 rings (SSSR count). The largest absolute Gasteiger partial charge is 0.497 e. The van der Waals surface area contributed by atoms with E-state index in [2.05, 4.69) is 6.92 Å². The van der Waals surface area contributed by atoms with E-state index in [0.29, 0.717) is 11.5 Å². The fourth-order valence-electron chi connectivity index (χ4n) is 1.42. The summed E-state index contributed by atoms with van der Waals surface area (Å²) >= 11 is 1.70. The maximum absolute atomic E-state index is 10.0. The first-order chi connectivity index (χ1) is 7.72. The summed E-state index contributed by atoms with van der Waals surface area (Å²) in [6.45, 7) is 2.07. The maximum Gasteiger partial charge on any atom is 0.124 e. The quantitative estimate of drug-likeness (QED) is 0.832. The molecule has 0 aliphatic carbocycles. The number of aliphatic hydroxyl groups excluding tert-OH is 1. The van der Waals surface area contributed by atoms with Crippen LogP contribution >= 0.6 is 11.8 Å². The second-order valence-electron chi connectivity index (χ2n) is 3.28. The molecule has 0 bridgehead atoms. The number of rotatable bonds is 6. The van der Waals surface area contributed by atoms with Gasteiger partial charge in [-0.15, -0.1) is 0 Å². The van der Waals surface area contributed by atoms with Gasteiger partial charge in [-0.3, -0.25) is 0 Å². The second kappa shape index (κ2) is 6.66. The smallest absolute Gasteiger partial charge is 0.124 e. The van der Waals surface area contributed by atoms with Crippen LogP contribution in [-0.4, -0.2) is 30.8 Å². The molecular weight excluding hydrogens is 224 g/mol. The lowest BCUT2D eigenvalue weighted by Gasteiger charge is -2.15. The molecule has 1 aromatic carbocycles. The normalized spacial score (nSPS) is 12.2. The van der Waals surface area contributed by atoms with Crippen LogP contribution in [0.5, 0.6) is 11.5 Å². The molecule has 1 N–H and O–H groups in total. The van der Waals surface area contributed by atoms with Crippen LogP contribution in [0, 0.1) is 0 Å². The molecule has 0 spiro atoms. The summed E-state index contributed by atoms with van der Waals surface area (Å²) in [7, 11) is 3.21. The summed E-state index contributed by atoms with van der Waals surface area (Å²) in [6.07, 6.45) is -0.519. The summed E-state index contributed by atoms with van der Waals surface area (Å²) < 4.78 is 10.4. The Labute approximate surface area is 101 Å². The van der Waals surface area contributed by atoms with Gasteiger partial charge in [0.15, 0.2) is 0 Å². The molecule has 0 heterocycles. The zero-order chi connectivity index (χ0) is 12.0. The molecule has 16 heavy (non-hydrogen) atoms. The van der Waals surface area contributed by atoms with Crippen LogP contribution in [0.4, 0.5) is 0 Å². The van der Waals surface area contributed by atoms with Gasteiger partial charge in [0.2, 0.25) is 0 Å². The number of ether oxygens (including phenoxy) is 2. The highest BCUT2D eigenvalue weighted by atomic mass is 32.2. The van der Waals surface area contributed by atoms with Crippen LogP contribution in [0.1, 0.15) is 18.6 Å². The van der Waals surface area contributed by atoms with Gasteiger partial charge in [-0.25, -0.2) is 0 Å². The van der Waals surface area contributed by atoms with Crippen LogP contribution in [0.15, 0.2) is 18.2 Å². The molecule has 0 aliphatic rings. The Hall–Kier alpha value is -0.870. The van der Waals surface area contributed by atoms with E-state index in [1.54, 1.807) is 26.0 Å². The van der Waals surface area contributed by atoms with Gasteiger partial charge in [-0.1, -0.05) is 6.92 Å². The Bertz CT molecular complexity index is 328. The topological polar surface area (TPSA) is 38.7 Å². The lowest BCUT2D eigenvalue weighted by atomic mass is 10.1. The van der Waals surface area contributed by atoms with Crippen molar-refractivity contribution in [2.45, 2.75) is 13.0 Å². The van der Waals surface area contributed by atoms with Crippen molar-refractivity contribution in [2.24, 2.45) is 0 Å². The Morgan fingerprint density at radius 2 is 2.06 bits per heavy atom. The molecule has 1 aromatic rings. The molecule has 4 heteroatoms. The maximum atomic E-state index is 10.0. The molecule has 0 saturated heterocycles. The second-order valence-corrected chi connectivity index (χ2v) is 4.60. The van der Waals surface area contributed by atoms with Crippen molar-refractivity contribution in [2.75, 3.05) is 25.7 Å². The number of thioether (sulfide) groups is 1. The van der Waals surface area contributed by atoms with Gasteiger partial charge in [-0.2, -0.15) is 11.8 Å². The van der Waals surface area contributed by atoms with Gasteiger partial charge < -0.3 is 14.6 Å². The van der Waals surface area contributed by atoms with Gasteiger partial charge in [0.05, 0.1) is 20.3 Å². The lowest BCUT2D eigenvalue weighted by Crippen LogP contribution is -2.04. The Morgan fingerprint density at radius 3 is 2.62 bits per heavy atom. The molecule has 0 saturated carbocycles. The summed E-state index contributed by atoms with van der Waals surface area (Å²) in [4.78, 5) is 0. The first-order valence-electron chi connectivity index (χ1n) is 5.20. The monoisotopic (exact) mass is 242 g/mol. The van der Waals surface area contributed by atoms with Gasteiger partial charge in [0.1, 0.15) is 11.5 Å². The Kier molecular flexibility index (Phi) is 5.49. The van der Waals surface area contributed by atoms with E-state index in [0.717, 1.165) is 17.1 Å². The summed E-state index contributed by atoms with van der Waals surface area (Å²) in [6, 6.07) is 5.45. The molecule has 0 fully saturated rings. The molecule has 0 amide bonds. The number of aliphatic hydroxyl groups is 1. The molecule has 90 valence electrons. The minimum Gasteiger partial charge on any atom is -0.497 e. The third kappa shape index (κ3) is 3.32. The lowest BCUT2D eigenvalue weighted by molar-refractivity contribution is 0.198. The van der Waals surface area contributed by atoms with E-state index in [9.17, 15) is 5.11 Å². The highest BCUT2D eigenvalue weighted by Gasteiger charge is 2.14. The number of benzene rings is 1. The average Bonchev–Trinajstić information content (AvgIpc) is 2.35. The van der Waals surface area contributed by atoms with Crippen LogP contribution in [0.3, 0.4) is 0 Å². The minimum atomic E-state index is -0.519. The first kappa shape index (κ1) is 13.2. The highest BCUT2D eigenvalue weighted by molar-refractivity contribution is 7.99. The third-order valence-electron chi connectivity index (χ3n) is 2.28. The molecule has 0 aromatic heterocycles. The van der Waals surface area contributed by atoms with Crippen LogP contribution in [-0.2, 0) is 0 Å². The SMILES string of the molecule is CCSCC(O)c1cc(OC)ccc1OC. The van der Waals surface area contributed by atoms with Crippen molar-refractivity contribution in [3.05, 3.63) is 23.8 Å². The van der Waals surface area contributed by atoms with Gasteiger partial charge in [-0.05, 0) is 24.0 Å². The van der Waals surface area contributed by atoms with Crippen LogP contribution < -0.4 is 9.47 Å². The number of hydrogen-bond donors (Lipinski definition) is 1. The Balaban J connectivity index is 2.89. The average molecular weight is 242 g/mol. The molecule has 0 radical (unpaired) electrons. The molecule has 1 unspecified atom stereocenters. The van der Waals surface area contributed by atoms with E-state index in [-0.39, 0.29) is 0 Å². The number of methoxy groups -OCH3 is 2. The van der Waals surface area contributed by atoms with E-state index in [4.69, 9.17) is 9.47 Å². The van der Waals surface area contributed by atoms with Gasteiger partial charge in [0, 0.05) is 11.3 Å². The summed E-state index contributed by atoms with van der Waals surface area (Å²) in [5, 5.41) is 10.0. The highest BCUT2D eigenvalue weighted by Crippen LogP contribution is 2.30. The first-order valence-corrected chi connectivity index (χ1v) is 6.36. The summed E-state index contributed by atoms with van der Waals surface area (Å²) in [5.74, 6) is 3.09. The van der Waals surface area contributed by atoms with Crippen molar-refractivity contribution < 1.29 is 14.6 Å². The fourth-order valence-corrected chi connectivity index (χ4v) is 2.06. The van der Waals surface area contributed by atoms with Crippen molar-refractivity contribution in [1.82, 2.24) is 0 Å². The zero-order valence-corrected chi connectivity index (χ0v) is 10.7. The standard InChI is InChI=1S/C12H18O3S/c1-4-16-8-11(13)10-7-9(14-2)5-6-12(10)15-3/h5-7,11,13H,4,8H2,1-3H3. The van der Waals surface area contributed by atoms with E-state index in [1.807, 2.05) is 18.2 Å². The van der Waals surface area contributed by atoms with Crippen molar-refractivity contribution in [1.29, 1.82) is 0 Å². The van der Waals surface area contributed by atoms with Gasteiger partial charge >= 0.3 is 0 Å². The predicted molar refractivity (Wildman–Crippen MR) is 67.5 cm³/mol. The molecule has 0 aliphatic heterocycles. The molecular formula is C12H18O3S. The van der Waals surface area contributed by atoms with Crippen molar-refractivity contribution in [3.63, 3.8) is 0 Å². The van der Waals surface area contributed by atoms with Gasteiger partial charge in [0.25, 0.3) is 0 Å². The molecule has 1 atom stereocenters. The Morgan fingerprint density at radius 1 is 1.31 bits per heavy atom. The fraction of sp³-hybridized carbons (Fsp3) is 0.500. The third-order valence-corrected chi connectivity index (χ3v) is 3.24. The summed E-state index contributed by atoms with van der Waals surface area (Å²) in [5.41, 5.74) is 0.780. The van der Waals surface area contributed by atoms with Crippen LogP contribution in [0.2, 0.25) is 0 Å². The van der Waals surface area contributed by atoms with E-state index in [1.165, 1.54) is 0 Å².